The third-order valence-corrected chi connectivity index (χ3v) is 1.52. The van der Waals surface area contributed by atoms with Crippen molar-refractivity contribution < 1.29 is 4.79 Å². The first-order valence-electron chi connectivity index (χ1n) is 4.22. The van der Waals surface area contributed by atoms with Crippen molar-refractivity contribution in [2.24, 2.45) is 0 Å². The monoisotopic (exact) mass is 192 g/mol. The van der Waals surface area contributed by atoms with Crippen LogP contribution in [0.25, 0.3) is 0 Å². The van der Waals surface area contributed by atoms with Gasteiger partial charge in [-0.25, -0.2) is 0 Å². The molecule has 0 aliphatic rings. The second-order valence-electron chi connectivity index (χ2n) is 2.73. The third kappa shape index (κ3) is 3.19. The van der Waals surface area contributed by atoms with Crippen LogP contribution in [0.4, 0.5) is 5.82 Å². The van der Waals surface area contributed by atoms with Gasteiger partial charge < -0.3 is 11.1 Å². The second kappa shape index (κ2) is 4.92. The molecule has 0 aliphatic heterocycles. The number of nitrogens with one attached hydrogen (secondary N) is 2. The molecule has 5 heteroatoms. The largest absolute Gasteiger partial charge is 0.383 e. The topological polar surface area (TPSA) is 83.8 Å². The van der Waals surface area contributed by atoms with Crippen LogP contribution in [0.1, 0.15) is 18.9 Å². The average Bonchev–Trinajstić information content (AvgIpc) is 2.51. The number of aromatic nitrogens is 2. The highest BCUT2D eigenvalue weighted by Crippen LogP contribution is 2.02. The van der Waals surface area contributed by atoms with Gasteiger partial charge in [-0.15, -0.1) is 0 Å². The molecule has 0 saturated carbocycles. The first-order chi connectivity index (χ1) is 6.70. The Hall–Kier alpha value is -1.96. The summed E-state index contributed by atoms with van der Waals surface area (Å²) >= 11 is 0. The number of anilines is 1. The maximum atomic E-state index is 10.5. The van der Waals surface area contributed by atoms with Crippen LogP contribution in [0.15, 0.2) is 6.20 Å². The van der Waals surface area contributed by atoms with Crippen molar-refractivity contribution in [1.29, 1.82) is 0 Å². The van der Waals surface area contributed by atoms with Crippen LogP contribution in [-0.4, -0.2) is 22.6 Å². The molecule has 1 rings (SSSR count). The maximum Gasteiger partial charge on any atom is 0.216 e. The Kier molecular flexibility index (Phi) is 3.56. The van der Waals surface area contributed by atoms with Crippen molar-refractivity contribution in [3.63, 3.8) is 0 Å². The van der Waals surface area contributed by atoms with E-state index in [0.29, 0.717) is 24.3 Å². The summed E-state index contributed by atoms with van der Waals surface area (Å²) in [6, 6.07) is 0. The highest BCUT2D eigenvalue weighted by atomic mass is 16.1. The van der Waals surface area contributed by atoms with Gasteiger partial charge in [0.25, 0.3) is 0 Å². The Morgan fingerprint density at radius 1 is 1.79 bits per heavy atom. The molecule has 1 aromatic rings. The van der Waals surface area contributed by atoms with Crippen molar-refractivity contribution in [2.45, 2.75) is 13.3 Å². The van der Waals surface area contributed by atoms with Crippen molar-refractivity contribution in [2.75, 3.05) is 12.3 Å². The van der Waals surface area contributed by atoms with Gasteiger partial charge in [0.2, 0.25) is 5.91 Å². The van der Waals surface area contributed by atoms with E-state index in [1.54, 1.807) is 6.20 Å². The Balaban J connectivity index is 2.34. The molecular weight excluding hydrogens is 180 g/mol. The number of nitrogen functional groups attached to an aromatic ring is 1. The summed E-state index contributed by atoms with van der Waals surface area (Å²) in [5, 5.41) is 8.95. The number of hydrogen-bond acceptors (Lipinski definition) is 3. The molecule has 1 heterocycles. The van der Waals surface area contributed by atoms with Gasteiger partial charge in [0.1, 0.15) is 5.82 Å². The molecule has 0 saturated heterocycles. The Morgan fingerprint density at radius 3 is 3.14 bits per heavy atom. The number of amides is 1. The van der Waals surface area contributed by atoms with E-state index in [-0.39, 0.29) is 5.91 Å². The zero-order valence-electron chi connectivity index (χ0n) is 7.92. The number of hydrogen-bond donors (Lipinski definition) is 3. The molecule has 14 heavy (non-hydrogen) atoms. The molecule has 1 aromatic heterocycles. The number of carbonyl (C=O) groups excluding carboxylic acids is 1. The first kappa shape index (κ1) is 10.1. The third-order valence-electron chi connectivity index (χ3n) is 1.52. The summed E-state index contributed by atoms with van der Waals surface area (Å²) in [5.74, 6) is 6.15. The van der Waals surface area contributed by atoms with E-state index in [1.807, 2.05) is 0 Å². The lowest BCUT2D eigenvalue weighted by atomic mass is 10.3. The molecule has 4 N–H and O–H groups in total. The van der Waals surface area contributed by atoms with Crippen LogP contribution in [0.3, 0.4) is 0 Å². The highest BCUT2D eigenvalue weighted by Gasteiger charge is 1.94. The average molecular weight is 192 g/mol. The number of nitrogens with zero attached hydrogens (tertiary/aromatic N) is 1. The Morgan fingerprint density at radius 2 is 2.57 bits per heavy atom. The maximum absolute atomic E-state index is 10.5. The fraction of sp³-hybridized carbons (Fsp3) is 0.333. The SMILES string of the molecule is CC(=O)NCCC#Cc1cn[nH]c1N. The van der Waals surface area contributed by atoms with E-state index in [1.165, 1.54) is 6.92 Å². The molecule has 0 unspecified atom stereocenters. The van der Waals surface area contributed by atoms with Crippen LogP contribution in [0, 0.1) is 11.8 Å². The van der Waals surface area contributed by atoms with Crippen LogP contribution < -0.4 is 11.1 Å². The highest BCUT2D eigenvalue weighted by molar-refractivity contribution is 5.72. The number of H-pyrrole nitrogens is 1. The fourth-order valence-corrected chi connectivity index (χ4v) is 0.855. The summed E-state index contributed by atoms with van der Waals surface area (Å²) in [4.78, 5) is 10.5. The minimum atomic E-state index is -0.0466. The van der Waals surface area contributed by atoms with E-state index in [4.69, 9.17) is 5.73 Å². The number of aromatic amines is 1. The summed E-state index contributed by atoms with van der Waals surface area (Å²) in [7, 11) is 0. The summed E-state index contributed by atoms with van der Waals surface area (Å²) in [6.45, 7) is 2.03. The molecule has 0 fully saturated rings. The second-order valence-corrected chi connectivity index (χ2v) is 2.73. The van der Waals surface area contributed by atoms with Crippen molar-refractivity contribution in [1.82, 2.24) is 15.5 Å². The predicted molar refractivity (Wildman–Crippen MR) is 53.2 cm³/mol. The van der Waals surface area contributed by atoms with Crippen molar-refractivity contribution in [3.05, 3.63) is 11.8 Å². The Bertz CT molecular complexity index is 372. The van der Waals surface area contributed by atoms with Crippen LogP contribution in [-0.2, 0) is 4.79 Å². The van der Waals surface area contributed by atoms with E-state index in [9.17, 15) is 4.79 Å². The zero-order valence-corrected chi connectivity index (χ0v) is 7.92. The summed E-state index contributed by atoms with van der Waals surface area (Å²) in [5.41, 5.74) is 6.20. The molecule has 0 bridgehead atoms. The summed E-state index contributed by atoms with van der Waals surface area (Å²) < 4.78 is 0. The lowest BCUT2D eigenvalue weighted by Gasteiger charge is -1.94. The van der Waals surface area contributed by atoms with Gasteiger partial charge in [0, 0.05) is 19.9 Å². The zero-order chi connectivity index (χ0) is 10.4. The van der Waals surface area contributed by atoms with Gasteiger partial charge >= 0.3 is 0 Å². The smallest absolute Gasteiger partial charge is 0.216 e. The minimum Gasteiger partial charge on any atom is -0.383 e. The first-order valence-corrected chi connectivity index (χ1v) is 4.22. The number of rotatable bonds is 2. The van der Waals surface area contributed by atoms with Gasteiger partial charge in [-0.05, 0) is 0 Å². The van der Waals surface area contributed by atoms with Gasteiger partial charge in [-0.1, -0.05) is 11.8 Å². The molecule has 0 aliphatic carbocycles. The molecule has 1 amide bonds. The number of carbonyl (C=O) groups is 1. The molecule has 0 atom stereocenters. The Labute approximate surface area is 82.1 Å². The van der Waals surface area contributed by atoms with Gasteiger partial charge in [0.05, 0.1) is 11.8 Å². The lowest BCUT2D eigenvalue weighted by molar-refractivity contribution is -0.118. The molecule has 5 nitrogen and oxygen atoms in total. The van der Waals surface area contributed by atoms with Gasteiger partial charge in [0.15, 0.2) is 0 Å². The molecular formula is C9H12N4O. The van der Waals surface area contributed by atoms with Crippen molar-refractivity contribution in [3.8, 4) is 11.8 Å². The molecule has 0 radical (unpaired) electrons. The normalized spacial score (nSPS) is 8.93. The lowest BCUT2D eigenvalue weighted by Crippen LogP contribution is -2.20. The molecule has 74 valence electrons. The predicted octanol–water partition coefficient (Wildman–Crippen LogP) is -0.130. The van der Waals surface area contributed by atoms with Gasteiger partial charge in [-0.3, -0.25) is 9.89 Å². The molecule has 0 aromatic carbocycles. The van der Waals surface area contributed by atoms with E-state index < -0.39 is 0 Å². The van der Waals surface area contributed by atoms with Crippen LogP contribution >= 0.6 is 0 Å². The van der Waals surface area contributed by atoms with E-state index >= 15 is 0 Å². The molecule has 0 spiro atoms. The van der Waals surface area contributed by atoms with Crippen LogP contribution in [0.2, 0.25) is 0 Å². The standard InChI is InChI=1S/C9H12N4O/c1-7(14)11-5-3-2-4-8-6-12-13-9(8)10/h6H,3,5H2,1H3,(H,11,14)(H3,10,12,13). The van der Waals surface area contributed by atoms with E-state index in [0.717, 1.165) is 0 Å². The fourth-order valence-electron chi connectivity index (χ4n) is 0.855. The number of nitrogens with two attached hydrogens (primary N) is 1. The van der Waals surface area contributed by atoms with Gasteiger partial charge in [-0.2, -0.15) is 5.10 Å². The quantitative estimate of drug-likeness (QED) is 0.451. The van der Waals surface area contributed by atoms with Crippen LogP contribution in [0.5, 0.6) is 0 Å². The van der Waals surface area contributed by atoms with E-state index in [2.05, 4.69) is 27.4 Å². The van der Waals surface area contributed by atoms with Crippen molar-refractivity contribution >= 4 is 11.7 Å². The minimum absolute atomic E-state index is 0.0466. The summed E-state index contributed by atoms with van der Waals surface area (Å²) in [6.07, 6.45) is 2.17.